The van der Waals surface area contributed by atoms with Crippen LogP contribution in [0.25, 0.3) is 0 Å². The highest BCUT2D eigenvalue weighted by molar-refractivity contribution is 7.92. The zero-order valence-electron chi connectivity index (χ0n) is 15.8. The van der Waals surface area contributed by atoms with Gasteiger partial charge in [-0.3, -0.25) is 14.3 Å². The first-order chi connectivity index (χ1) is 13.1. The van der Waals surface area contributed by atoms with Gasteiger partial charge >= 0.3 is 0 Å². The average molecular weight is 407 g/mol. The summed E-state index contributed by atoms with van der Waals surface area (Å²) in [4.78, 5) is 25.3. The van der Waals surface area contributed by atoms with Gasteiger partial charge in [0.25, 0.3) is 15.9 Å². The zero-order chi connectivity index (χ0) is 20.9. The number of hydrogen-bond donors (Lipinski definition) is 2. The van der Waals surface area contributed by atoms with Gasteiger partial charge in [0.2, 0.25) is 5.91 Å². The van der Waals surface area contributed by atoms with Crippen molar-refractivity contribution in [2.24, 2.45) is 0 Å². The van der Waals surface area contributed by atoms with Crippen molar-refractivity contribution >= 4 is 27.5 Å². The summed E-state index contributed by atoms with van der Waals surface area (Å²) < 4.78 is 40.6. The van der Waals surface area contributed by atoms with Crippen LogP contribution in [0.5, 0.6) is 0 Å². The summed E-state index contributed by atoms with van der Waals surface area (Å²) in [5.74, 6) is -1.41. The van der Waals surface area contributed by atoms with E-state index in [4.69, 9.17) is 0 Å². The van der Waals surface area contributed by atoms with Crippen LogP contribution in [-0.2, 0) is 14.8 Å². The van der Waals surface area contributed by atoms with Gasteiger partial charge in [-0.25, -0.2) is 12.8 Å². The molecule has 0 aliphatic carbocycles. The van der Waals surface area contributed by atoms with Crippen LogP contribution in [0.2, 0.25) is 0 Å². The van der Waals surface area contributed by atoms with Crippen LogP contribution < -0.4 is 10.0 Å². The lowest BCUT2D eigenvalue weighted by Gasteiger charge is -2.18. The number of para-hydroxylation sites is 1. The van der Waals surface area contributed by atoms with E-state index in [1.165, 1.54) is 54.4 Å². The summed E-state index contributed by atoms with van der Waals surface area (Å²) in [7, 11) is -2.53. The monoisotopic (exact) mass is 407 g/mol. The van der Waals surface area contributed by atoms with Crippen molar-refractivity contribution in [2.45, 2.75) is 24.8 Å². The van der Waals surface area contributed by atoms with Crippen LogP contribution in [0.3, 0.4) is 0 Å². The molecule has 2 N–H and O–H groups in total. The summed E-state index contributed by atoms with van der Waals surface area (Å²) in [5.41, 5.74) is 0.0586. The highest BCUT2D eigenvalue weighted by Crippen LogP contribution is 2.19. The molecule has 2 rings (SSSR count). The van der Waals surface area contributed by atoms with E-state index in [1.807, 2.05) is 13.8 Å². The van der Waals surface area contributed by atoms with Crippen molar-refractivity contribution in [1.82, 2.24) is 10.2 Å². The predicted molar refractivity (Wildman–Crippen MR) is 104 cm³/mol. The van der Waals surface area contributed by atoms with Crippen molar-refractivity contribution in [2.75, 3.05) is 18.3 Å². The highest BCUT2D eigenvalue weighted by Gasteiger charge is 2.19. The summed E-state index contributed by atoms with van der Waals surface area (Å²) in [6.45, 7) is 3.51. The van der Waals surface area contributed by atoms with E-state index in [1.54, 1.807) is 0 Å². The topological polar surface area (TPSA) is 95.6 Å². The molecule has 28 heavy (non-hydrogen) atoms. The lowest BCUT2D eigenvalue weighted by Crippen LogP contribution is -2.40. The third-order valence-electron chi connectivity index (χ3n) is 3.71. The standard InChI is InChI=1S/C19H22FN3O4S/c1-13(2)21-18(24)12-23(3)19(25)14-8-10-15(11-9-14)28(26,27)22-17-7-5-4-6-16(17)20/h4-11,13,22H,12H2,1-3H3,(H,21,24). The number of nitrogens with one attached hydrogen (secondary N) is 2. The van der Waals surface area contributed by atoms with E-state index in [-0.39, 0.29) is 34.6 Å². The van der Waals surface area contributed by atoms with Gasteiger partial charge in [-0.1, -0.05) is 12.1 Å². The molecule has 0 fully saturated rings. The highest BCUT2D eigenvalue weighted by atomic mass is 32.2. The molecule has 0 saturated heterocycles. The molecule has 0 unspecified atom stereocenters. The second-order valence-electron chi connectivity index (χ2n) is 6.49. The van der Waals surface area contributed by atoms with Crippen LogP contribution in [0.4, 0.5) is 10.1 Å². The summed E-state index contributed by atoms with van der Waals surface area (Å²) in [6.07, 6.45) is 0. The summed E-state index contributed by atoms with van der Waals surface area (Å²) in [6, 6.07) is 10.6. The van der Waals surface area contributed by atoms with Crippen LogP contribution in [0, 0.1) is 5.82 Å². The van der Waals surface area contributed by atoms with E-state index in [0.717, 1.165) is 6.07 Å². The zero-order valence-corrected chi connectivity index (χ0v) is 16.6. The number of benzene rings is 2. The average Bonchev–Trinajstić information content (AvgIpc) is 2.62. The molecule has 7 nitrogen and oxygen atoms in total. The molecular weight excluding hydrogens is 385 g/mol. The molecule has 2 aromatic carbocycles. The van der Waals surface area contributed by atoms with Gasteiger partial charge in [-0.15, -0.1) is 0 Å². The van der Waals surface area contributed by atoms with Crippen molar-refractivity contribution in [3.05, 3.63) is 59.9 Å². The first-order valence-corrected chi connectivity index (χ1v) is 10.0. The van der Waals surface area contributed by atoms with Crippen molar-refractivity contribution in [3.63, 3.8) is 0 Å². The second kappa shape index (κ2) is 8.83. The Morgan fingerprint density at radius 3 is 2.25 bits per heavy atom. The fourth-order valence-electron chi connectivity index (χ4n) is 2.40. The molecule has 0 heterocycles. The Kier molecular flexibility index (Phi) is 6.74. The molecular formula is C19H22FN3O4S. The van der Waals surface area contributed by atoms with Gasteiger partial charge < -0.3 is 10.2 Å². The number of nitrogens with zero attached hydrogens (tertiary/aromatic N) is 1. The Bertz CT molecular complexity index is 959. The minimum absolute atomic E-state index is 0.0394. The fourth-order valence-corrected chi connectivity index (χ4v) is 3.47. The third kappa shape index (κ3) is 5.53. The smallest absolute Gasteiger partial charge is 0.261 e. The number of carbonyl (C=O) groups excluding carboxylic acids is 2. The Balaban J connectivity index is 2.10. The number of halogens is 1. The number of hydrogen-bond acceptors (Lipinski definition) is 4. The van der Waals surface area contributed by atoms with Crippen LogP contribution >= 0.6 is 0 Å². The first-order valence-electron chi connectivity index (χ1n) is 8.52. The molecule has 0 spiro atoms. The number of sulfonamides is 1. The summed E-state index contributed by atoms with van der Waals surface area (Å²) in [5, 5.41) is 2.69. The minimum Gasteiger partial charge on any atom is -0.352 e. The Hall–Kier alpha value is -2.94. The number of carbonyl (C=O) groups is 2. The van der Waals surface area contributed by atoms with Gasteiger partial charge in [0.05, 0.1) is 17.1 Å². The summed E-state index contributed by atoms with van der Waals surface area (Å²) >= 11 is 0. The van der Waals surface area contributed by atoms with Gasteiger partial charge in [-0.2, -0.15) is 0 Å². The molecule has 2 aromatic rings. The Morgan fingerprint density at radius 2 is 1.68 bits per heavy atom. The molecule has 0 aromatic heterocycles. The third-order valence-corrected chi connectivity index (χ3v) is 5.09. The maximum absolute atomic E-state index is 13.7. The number of rotatable bonds is 7. The van der Waals surface area contributed by atoms with E-state index in [0.29, 0.717) is 0 Å². The lowest BCUT2D eigenvalue weighted by atomic mass is 10.2. The van der Waals surface area contributed by atoms with E-state index in [2.05, 4.69) is 10.0 Å². The fraction of sp³-hybridized carbons (Fsp3) is 0.263. The SMILES string of the molecule is CC(C)NC(=O)CN(C)C(=O)c1ccc(S(=O)(=O)Nc2ccccc2F)cc1. The predicted octanol–water partition coefficient (Wildman–Crippen LogP) is 2.22. The molecule has 150 valence electrons. The first kappa shape index (κ1) is 21.4. The molecule has 0 radical (unpaired) electrons. The number of anilines is 1. The number of amides is 2. The van der Waals surface area contributed by atoms with Gasteiger partial charge in [0.15, 0.2) is 0 Å². The van der Waals surface area contributed by atoms with Crippen molar-refractivity contribution in [3.8, 4) is 0 Å². The maximum Gasteiger partial charge on any atom is 0.261 e. The van der Waals surface area contributed by atoms with Crippen molar-refractivity contribution in [1.29, 1.82) is 0 Å². The minimum atomic E-state index is -4.01. The van der Waals surface area contributed by atoms with Crippen LogP contribution in [0.15, 0.2) is 53.4 Å². The second-order valence-corrected chi connectivity index (χ2v) is 8.18. The van der Waals surface area contributed by atoms with Gasteiger partial charge in [0.1, 0.15) is 5.82 Å². The Morgan fingerprint density at radius 1 is 1.07 bits per heavy atom. The largest absolute Gasteiger partial charge is 0.352 e. The quantitative estimate of drug-likeness (QED) is 0.736. The Labute approximate surface area is 163 Å². The molecule has 0 bridgehead atoms. The molecule has 0 saturated carbocycles. The number of likely N-dealkylation sites (N-methyl/N-ethyl adjacent to an activating group) is 1. The van der Waals surface area contributed by atoms with Crippen LogP contribution in [0.1, 0.15) is 24.2 Å². The maximum atomic E-state index is 13.7. The van der Waals surface area contributed by atoms with Crippen LogP contribution in [-0.4, -0.2) is 44.8 Å². The van der Waals surface area contributed by atoms with Gasteiger partial charge in [0, 0.05) is 18.7 Å². The molecule has 9 heteroatoms. The van der Waals surface area contributed by atoms with E-state index >= 15 is 0 Å². The van der Waals surface area contributed by atoms with E-state index < -0.39 is 21.7 Å². The molecule has 0 aliphatic heterocycles. The lowest BCUT2D eigenvalue weighted by molar-refractivity contribution is -0.122. The van der Waals surface area contributed by atoms with E-state index in [9.17, 15) is 22.4 Å². The normalized spacial score (nSPS) is 11.2. The van der Waals surface area contributed by atoms with Gasteiger partial charge in [-0.05, 0) is 50.2 Å². The van der Waals surface area contributed by atoms with Crippen molar-refractivity contribution < 1.29 is 22.4 Å². The molecule has 2 amide bonds. The molecule has 0 atom stereocenters. The molecule has 0 aliphatic rings.